The molecule has 5 nitrogen and oxygen atoms in total. The average Bonchev–Trinajstić information content (AvgIpc) is 2.37. The number of methoxy groups -OCH3 is 1. The summed E-state index contributed by atoms with van der Waals surface area (Å²) in [5, 5.41) is 8.70. The van der Waals surface area contributed by atoms with Gasteiger partial charge >= 0.3 is 5.97 Å². The summed E-state index contributed by atoms with van der Waals surface area (Å²) < 4.78 is 11.5. The Kier molecular flexibility index (Phi) is 6.11. The fraction of sp³-hybridized carbons (Fsp3) is 0.462. The molecule has 1 aromatic rings. The second-order valence-corrected chi connectivity index (χ2v) is 4.85. The van der Waals surface area contributed by atoms with Crippen LogP contribution in [0.25, 0.3) is 0 Å². The van der Waals surface area contributed by atoms with Gasteiger partial charge in [0, 0.05) is 24.1 Å². The summed E-state index contributed by atoms with van der Waals surface area (Å²) >= 11 is 3.39. The first-order valence-corrected chi connectivity index (χ1v) is 6.76. The van der Waals surface area contributed by atoms with Gasteiger partial charge in [-0.15, -0.1) is 0 Å². The maximum absolute atomic E-state index is 10.6. The molecule has 0 amide bonds. The van der Waals surface area contributed by atoms with Crippen molar-refractivity contribution in [1.82, 2.24) is 0 Å². The summed E-state index contributed by atoms with van der Waals surface area (Å²) in [5.41, 5.74) is 6.80. The minimum atomic E-state index is -0.860. The van der Waals surface area contributed by atoms with Gasteiger partial charge in [-0.25, -0.2) is 0 Å². The molecule has 1 unspecified atom stereocenters. The number of carbonyl (C=O) groups is 1. The number of ether oxygens (including phenoxy) is 2. The molecule has 0 aliphatic rings. The summed E-state index contributed by atoms with van der Waals surface area (Å²) in [6, 6.07) is 3.18. The molecular formula is C13H18BrNO4. The number of benzene rings is 1. The van der Waals surface area contributed by atoms with Crippen LogP contribution in [0.4, 0.5) is 0 Å². The van der Waals surface area contributed by atoms with E-state index in [-0.39, 0.29) is 12.5 Å². The van der Waals surface area contributed by atoms with Crippen LogP contribution in [0.15, 0.2) is 16.6 Å². The maximum Gasteiger partial charge on any atom is 0.303 e. The van der Waals surface area contributed by atoms with E-state index in [0.717, 1.165) is 10.0 Å². The third kappa shape index (κ3) is 4.40. The van der Waals surface area contributed by atoms with Crippen molar-refractivity contribution < 1.29 is 19.4 Å². The van der Waals surface area contributed by atoms with Gasteiger partial charge < -0.3 is 20.3 Å². The molecule has 1 rings (SSSR count). The normalized spacial score (nSPS) is 12.0. The van der Waals surface area contributed by atoms with Gasteiger partial charge in [0.15, 0.2) is 0 Å². The fourth-order valence-electron chi connectivity index (χ4n) is 1.71. The van der Waals surface area contributed by atoms with Crippen LogP contribution < -0.4 is 15.2 Å². The minimum Gasteiger partial charge on any atom is -0.495 e. The molecular weight excluding hydrogens is 314 g/mol. The van der Waals surface area contributed by atoms with Crippen LogP contribution in [0.5, 0.6) is 11.5 Å². The number of hydrogen-bond donors (Lipinski definition) is 2. The first-order valence-electron chi connectivity index (χ1n) is 5.97. The van der Waals surface area contributed by atoms with E-state index in [0.29, 0.717) is 24.5 Å². The molecule has 0 heterocycles. The van der Waals surface area contributed by atoms with E-state index in [2.05, 4.69) is 15.9 Å². The van der Waals surface area contributed by atoms with Crippen LogP contribution in [-0.4, -0.2) is 24.8 Å². The molecule has 0 aliphatic heterocycles. The lowest BCUT2D eigenvalue weighted by molar-refractivity contribution is -0.137. The third-order valence-corrected chi connectivity index (χ3v) is 3.27. The molecule has 0 fully saturated rings. The Hall–Kier alpha value is -1.27. The quantitative estimate of drug-likeness (QED) is 0.802. The Bertz CT molecular complexity index is 451. The van der Waals surface area contributed by atoms with Crippen LogP contribution >= 0.6 is 15.9 Å². The van der Waals surface area contributed by atoms with Gasteiger partial charge in [0.25, 0.3) is 0 Å². The topological polar surface area (TPSA) is 81.8 Å². The maximum atomic E-state index is 10.6. The van der Waals surface area contributed by atoms with Crippen molar-refractivity contribution in [2.45, 2.75) is 25.8 Å². The van der Waals surface area contributed by atoms with Crippen molar-refractivity contribution in [3.8, 4) is 11.5 Å². The first kappa shape index (κ1) is 15.8. The molecule has 1 aromatic carbocycles. The molecule has 106 valence electrons. The van der Waals surface area contributed by atoms with E-state index >= 15 is 0 Å². The van der Waals surface area contributed by atoms with Crippen LogP contribution in [0.2, 0.25) is 0 Å². The molecule has 0 aromatic heterocycles. The van der Waals surface area contributed by atoms with E-state index in [1.807, 2.05) is 13.0 Å². The number of carboxylic acids is 1. The Morgan fingerprint density at radius 2 is 2.16 bits per heavy atom. The van der Waals surface area contributed by atoms with Crippen LogP contribution in [0.1, 0.15) is 31.4 Å². The van der Waals surface area contributed by atoms with Gasteiger partial charge in [-0.05, 0) is 35.3 Å². The predicted octanol–water partition coefficient (Wildman–Crippen LogP) is 2.72. The van der Waals surface area contributed by atoms with Crippen molar-refractivity contribution >= 4 is 21.9 Å². The number of rotatable bonds is 7. The molecule has 0 radical (unpaired) electrons. The van der Waals surface area contributed by atoms with E-state index < -0.39 is 5.97 Å². The first-order chi connectivity index (χ1) is 8.99. The van der Waals surface area contributed by atoms with Gasteiger partial charge in [-0.1, -0.05) is 0 Å². The van der Waals surface area contributed by atoms with Crippen molar-refractivity contribution in [3.05, 3.63) is 22.2 Å². The largest absolute Gasteiger partial charge is 0.495 e. The zero-order chi connectivity index (χ0) is 14.4. The highest BCUT2D eigenvalue weighted by atomic mass is 79.9. The second kappa shape index (κ2) is 7.35. The highest BCUT2D eigenvalue weighted by Crippen LogP contribution is 2.36. The predicted molar refractivity (Wildman–Crippen MR) is 75.7 cm³/mol. The Labute approximate surface area is 120 Å². The summed E-state index contributed by atoms with van der Waals surface area (Å²) in [6.07, 6.45) is 0.380. The standard InChI is InChI=1S/C13H18BrNO4/c1-3-19-11-7-12(18-2)9(14)6-8(11)10(15)4-5-13(16)17/h6-7,10H,3-5,15H2,1-2H3,(H,16,17). The summed E-state index contributed by atoms with van der Waals surface area (Å²) in [4.78, 5) is 10.6. The van der Waals surface area contributed by atoms with E-state index in [1.165, 1.54) is 0 Å². The van der Waals surface area contributed by atoms with Gasteiger partial charge in [0.05, 0.1) is 18.2 Å². The Morgan fingerprint density at radius 1 is 1.47 bits per heavy atom. The monoisotopic (exact) mass is 331 g/mol. The number of hydrogen-bond acceptors (Lipinski definition) is 4. The zero-order valence-electron chi connectivity index (χ0n) is 11.0. The molecule has 3 N–H and O–H groups in total. The lowest BCUT2D eigenvalue weighted by atomic mass is 10.0. The van der Waals surface area contributed by atoms with E-state index in [9.17, 15) is 4.79 Å². The molecule has 0 bridgehead atoms. The Balaban J connectivity index is 3.02. The smallest absolute Gasteiger partial charge is 0.303 e. The lowest BCUT2D eigenvalue weighted by Crippen LogP contribution is -2.14. The zero-order valence-corrected chi connectivity index (χ0v) is 12.6. The Morgan fingerprint density at radius 3 is 2.68 bits per heavy atom. The van der Waals surface area contributed by atoms with E-state index in [4.69, 9.17) is 20.3 Å². The second-order valence-electron chi connectivity index (χ2n) is 4.00. The number of aliphatic carboxylic acids is 1. The lowest BCUT2D eigenvalue weighted by Gasteiger charge is -2.18. The fourth-order valence-corrected chi connectivity index (χ4v) is 2.23. The number of nitrogens with two attached hydrogens (primary N) is 1. The van der Waals surface area contributed by atoms with Crippen molar-refractivity contribution in [1.29, 1.82) is 0 Å². The van der Waals surface area contributed by atoms with Crippen LogP contribution in [0, 0.1) is 0 Å². The van der Waals surface area contributed by atoms with Crippen LogP contribution in [0.3, 0.4) is 0 Å². The van der Waals surface area contributed by atoms with Crippen molar-refractivity contribution in [2.24, 2.45) is 5.73 Å². The molecule has 19 heavy (non-hydrogen) atoms. The molecule has 0 saturated heterocycles. The van der Waals surface area contributed by atoms with Gasteiger partial charge in [0.2, 0.25) is 0 Å². The average molecular weight is 332 g/mol. The summed E-state index contributed by atoms with van der Waals surface area (Å²) in [5.74, 6) is 0.416. The number of halogens is 1. The molecule has 0 saturated carbocycles. The van der Waals surface area contributed by atoms with E-state index in [1.54, 1.807) is 13.2 Å². The van der Waals surface area contributed by atoms with Crippen molar-refractivity contribution in [3.63, 3.8) is 0 Å². The van der Waals surface area contributed by atoms with Crippen molar-refractivity contribution in [2.75, 3.05) is 13.7 Å². The minimum absolute atomic E-state index is 0.0242. The van der Waals surface area contributed by atoms with Gasteiger partial charge in [0.1, 0.15) is 11.5 Å². The highest BCUT2D eigenvalue weighted by molar-refractivity contribution is 9.10. The highest BCUT2D eigenvalue weighted by Gasteiger charge is 2.17. The third-order valence-electron chi connectivity index (χ3n) is 2.65. The van der Waals surface area contributed by atoms with Gasteiger partial charge in [-0.2, -0.15) is 0 Å². The molecule has 1 atom stereocenters. The summed E-state index contributed by atoms with van der Waals surface area (Å²) in [7, 11) is 1.57. The van der Waals surface area contributed by atoms with Gasteiger partial charge in [-0.3, -0.25) is 4.79 Å². The molecule has 6 heteroatoms. The SMILES string of the molecule is CCOc1cc(OC)c(Br)cc1C(N)CCC(=O)O. The number of carboxylic acid groups (broad SMARTS) is 1. The molecule has 0 spiro atoms. The molecule has 0 aliphatic carbocycles. The summed E-state index contributed by atoms with van der Waals surface area (Å²) in [6.45, 7) is 2.38. The van der Waals surface area contributed by atoms with Crippen LogP contribution in [-0.2, 0) is 4.79 Å².